The highest BCUT2D eigenvalue weighted by molar-refractivity contribution is 8.00. The van der Waals surface area contributed by atoms with Gasteiger partial charge >= 0.3 is 0 Å². The smallest absolute Gasteiger partial charge is 0.254 e. The number of thioether (sulfide) groups is 1. The van der Waals surface area contributed by atoms with Gasteiger partial charge in [-0.25, -0.2) is 4.39 Å². The molecule has 5 heteroatoms. The normalized spacial score (nSPS) is 23.6. The van der Waals surface area contributed by atoms with Crippen molar-refractivity contribution >= 4 is 17.7 Å². The van der Waals surface area contributed by atoms with E-state index in [4.69, 9.17) is 0 Å². The van der Waals surface area contributed by atoms with E-state index in [1.807, 2.05) is 11.8 Å². The minimum Gasteiger partial charge on any atom is -0.351 e. The van der Waals surface area contributed by atoms with Crippen LogP contribution in [0.5, 0.6) is 0 Å². The Morgan fingerprint density at radius 3 is 3.18 bits per heavy atom. The first-order valence-corrected chi connectivity index (χ1v) is 6.61. The summed E-state index contributed by atoms with van der Waals surface area (Å²) in [7, 11) is 0. The van der Waals surface area contributed by atoms with Gasteiger partial charge in [0.1, 0.15) is 0 Å². The van der Waals surface area contributed by atoms with E-state index < -0.39 is 5.82 Å². The Morgan fingerprint density at radius 2 is 2.53 bits per heavy atom. The van der Waals surface area contributed by atoms with Gasteiger partial charge in [-0.05, 0) is 31.6 Å². The van der Waals surface area contributed by atoms with Gasteiger partial charge in [-0.15, -0.1) is 0 Å². The molecule has 92 valence electrons. The van der Waals surface area contributed by atoms with Crippen LogP contribution >= 0.6 is 11.8 Å². The Labute approximate surface area is 104 Å². The van der Waals surface area contributed by atoms with Gasteiger partial charge in [0.2, 0.25) is 0 Å². The number of aromatic nitrogens is 1. The number of hydrogen-bond donors (Lipinski definition) is 1. The zero-order valence-corrected chi connectivity index (χ0v) is 10.5. The molecule has 0 saturated carbocycles. The second-order valence-corrected chi connectivity index (χ2v) is 6.12. The highest BCUT2D eigenvalue weighted by Crippen LogP contribution is 2.36. The number of hydrogen-bond acceptors (Lipinski definition) is 3. The second-order valence-electron chi connectivity index (χ2n) is 4.44. The quantitative estimate of drug-likeness (QED) is 0.899. The van der Waals surface area contributed by atoms with Crippen LogP contribution in [0.15, 0.2) is 18.5 Å². The maximum Gasteiger partial charge on any atom is 0.254 e. The highest BCUT2D eigenvalue weighted by Gasteiger charge is 2.30. The summed E-state index contributed by atoms with van der Waals surface area (Å²) in [5.41, 5.74) is 0.0617. The van der Waals surface area contributed by atoms with E-state index in [9.17, 15) is 9.18 Å². The molecule has 0 bridgehead atoms. The fraction of sp³-hybridized carbons (Fsp3) is 0.500. The Morgan fingerprint density at radius 1 is 1.71 bits per heavy atom. The molecular formula is C12H15FN2OS. The van der Waals surface area contributed by atoms with Crippen LogP contribution in [0.3, 0.4) is 0 Å². The number of carbonyl (C=O) groups excluding carboxylic acids is 1. The van der Waals surface area contributed by atoms with E-state index in [-0.39, 0.29) is 16.2 Å². The molecule has 1 amide bonds. The minimum atomic E-state index is -0.575. The molecule has 1 unspecified atom stereocenters. The molecule has 2 heterocycles. The van der Waals surface area contributed by atoms with Gasteiger partial charge in [-0.1, -0.05) is 0 Å². The van der Waals surface area contributed by atoms with Crippen LogP contribution in [-0.4, -0.2) is 27.9 Å². The molecular weight excluding hydrogens is 239 g/mol. The molecule has 1 aromatic heterocycles. The van der Waals surface area contributed by atoms with Crippen LogP contribution in [0.25, 0.3) is 0 Å². The predicted molar refractivity (Wildman–Crippen MR) is 66.6 cm³/mol. The summed E-state index contributed by atoms with van der Waals surface area (Å²) in [5, 5.41) is 2.79. The zero-order chi connectivity index (χ0) is 12.3. The van der Waals surface area contributed by atoms with Gasteiger partial charge in [0.15, 0.2) is 5.82 Å². The molecule has 0 aromatic carbocycles. The minimum absolute atomic E-state index is 0.0617. The number of rotatable bonds is 3. The fourth-order valence-electron chi connectivity index (χ4n) is 1.90. The van der Waals surface area contributed by atoms with E-state index in [1.165, 1.54) is 18.7 Å². The van der Waals surface area contributed by atoms with Crippen LogP contribution in [-0.2, 0) is 0 Å². The summed E-state index contributed by atoms with van der Waals surface area (Å²) in [4.78, 5) is 15.4. The summed E-state index contributed by atoms with van der Waals surface area (Å²) >= 11 is 1.87. The number of carbonyl (C=O) groups is 1. The molecule has 1 N–H and O–H groups in total. The molecule has 1 atom stereocenters. The Bertz CT molecular complexity index is 419. The third-order valence-corrected chi connectivity index (χ3v) is 4.48. The van der Waals surface area contributed by atoms with Crippen molar-refractivity contribution in [3.63, 3.8) is 0 Å². The summed E-state index contributed by atoms with van der Waals surface area (Å²) in [6, 6.07) is 1.40. The first-order chi connectivity index (χ1) is 8.11. The van der Waals surface area contributed by atoms with E-state index >= 15 is 0 Å². The van der Waals surface area contributed by atoms with Gasteiger partial charge in [0.05, 0.1) is 11.8 Å². The maximum atomic E-state index is 13.3. The van der Waals surface area contributed by atoms with Crippen molar-refractivity contribution in [2.45, 2.75) is 24.5 Å². The molecule has 0 radical (unpaired) electrons. The lowest BCUT2D eigenvalue weighted by atomic mass is 10.1. The number of nitrogens with one attached hydrogen (secondary N) is 1. The topological polar surface area (TPSA) is 42.0 Å². The lowest BCUT2D eigenvalue weighted by Crippen LogP contribution is -2.37. The Balaban J connectivity index is 1.96. The van der Waals surface area contributed by atoms with Gasteiger partial charge in [0.25, 0.3) is 5.91 Å². The summed E-state index contributed by atoms with van der Waals surface area (Å²) in [6.07, 6.45) is 4.75. The molecule has 0 spiro atoms. The van der Waals surface area contributed by atoms with Crippen molar-refractivity contribution in [1.29, 1.82) is 0 Å². The Kier molecular flexibility index (Phi) is 3.66. The van der Waals surface area contributed by atoms with Crippen molar-refractivity contribution in [1.82, 2.24) is 10.3 Å². The molecule has 1 saturated heterocycles. The number of nitrogens with zero attached hydrogens (tertiary/aromatic N) is 1. The van der Waals surface area contributed by atoms with Crippen molar-refractivity contribution < 1.29 is 9.18 Å². The SMILES string of the molecule is CC1(CNC(=O)c2ccncc2F)CCCS1. The summed E-state index contributed by atoms with van der Waals surface area (Å²) in [5.74, 6) is 0.198. The first kappa shape index (κ1) is 12.4. The van der Waals surface area contributed by atoms with Crippen LogP contribution in [0, 0.1) is 5.82 Å². The summed E-state index contributed by atoms with van der Waals surface area (Å²) < 4.78 is 13.4. The van der Waals surface area contributed by atoms with E-state index in [0.717, 1.165) is 18.4 Å². The summed E-state index contributed by atoms with van der Waals surface area (Å²) in [6.45, 7) is 2.71. The second kappa shape index (κ2) is 5.04. The van der Waals surface area contributed by atoms with E-state index in [1.54, 1.807) is 0 Å². The lowest BCUT2D eigenvalue weighted by molar-refractivity contribution is 0.0945. The van der Waals surface area contributed by atoms with Crippen molar-refractivity contribution in [2.24, 2.45) is 0 Å². The van der Waals surface area contributed by atoms with Gasteiger partial charge < -0.3 is 5.32 Å². The third-order valence-electron chi connectivity index (χ3n) is 2.94. The standard InChI is InChI=1S/C12H15FN2OS/c1-12(4-2-6-17-12)8-15-11(16)9-3-5-14-7-10(9)13/h3,5,7H,2,4,6,8H2,1H3,(H,15,16). The van der Waals surface area contributed by atoms with Crippen LogP contribution in [0.4, 0.5) is 4.39 Å². The van der Waals surface area contributed by atoms with Crippen molar-refractivity contribution in [3.05, 3.63) is 29.8 Å². The van der Waals surface area contributed by atoms with Crippen LogP contribution < -0.4 is 5.32 Å². The molecule has 1 aliphatic rings. The van der Waals surface area contributed by atoms with E-state index in [0.29, 0.717) is 6.54 Å². The molecule has 17 heavy (non-hydrogen) atoms. The van der Waals surface area contributed by atoms with E-state index in [2.05, 4.69) is 17.2 Å². The van der Waals surface area contributed by atoms with Crippen molar-refractivity contribution in [3.8, 4) is 0 Å². The largest absolute Gasteiger partial charge is 0.351 e. The molecule has 1 fully saturated rings. The fourth-order valence-corrected chi connectivity index (χ4v) is 3.14. The van der Waals surface area contributed by atoms with Crippen LogP contribution in [0.2, 0.25) is 0 Å². The zero-order valence-electron chi connectivity index (χ0n) is 9.70. The molecule has 2 rings (SSSR count). The third kappa shape index (κ3) is 2.97. The average molecular weight is 254 g/mol. The number of pyridine rings is 1. The number of halogens is 1. The predicted octanol–water partition coefficient (Wildman–Crippen LogP) is 2.24. The lowest BCUT2D eigenvalue weighted by Gasteiger charge is -2.22. The van der Waals surface area contributed by atoms with Crippen molar-refractivity contribution in [2.75, 3.05) is 12.3 Å². The van der Waals surface area contributed by atoms with Crippen LogP contribution in [0.1, 0.15) is 30.1 Å². The van der Waals surface area contributed by atoms with Gasteiger partial charge in [-0.2, -0.15) is 11.8 Å². The molecule has 3 nitrogen and oxygen atoms in total. The maximum absolute atomic E-state index is 13.3. The monoisotopic (exact) mass is 254 g/mol. The number of amides is 1. The molecule has 1 aliphatic heterocycles. The van der Waals surface area contributed by atoms with Gasteiger partial charge in [-0.3, -0.25) is 9.78 Å². The first-order valence-electron chi connectivity index (χ1n) is 5.62. The Hall–Kier alpha value is -1.10. The molecule has 1 aromatic rings. The highest BCUT2D eigenvalue weighted by atomic mass is 32.2. The molecule has 0 aliphatic carbocycles. The average Bonchev–Trinajstić information content (AvgIpc) is 2.74. The van der Waals surface area contributed by atoms with Gasteiger partial charge in [0, 0.05) is 17.5 Å².